The summed E-state index contributed by atoms with van der Waals surface area (Å²) >= 11 is 0. The summed E-state index contributed by atoms with van der Waals surface area (Å²) in [5.41, 5.74) is 2.27. The molecule has 1 aromatic carbocycles. The van der Waals surface area contributed by atoms with Crippen molar-refractivity contribution in [3.8, 4) is 0 Å². The van der Waals surface area contributed by atoms with Gasteiger partial charge in [-0.1, -0.05) is 31.2 Å². The van der Waals surface area contributed by atoms with Gasteiger partial charge in [0.25, 0.3) is 0 Å². The summed E-state index contributed by atoms with van der Waals surface area (Å²) in [5.74, 6) is 0.569. The van der Waals surface area contributed by atoms with Gasteiger partial charge < -0.3 is 14.7 Å². The number of carbonyl (C=O) groups is 2. The van der Waals surface area contributed by atoms with Crippen LogP contribution in [0.5, 0.6) is 0 Å². The summed E-state index contributed by atoms with van der Waals surface area (Å²) in [4.78, 5) is 31.7. The molecule has 0 N–H and O–H groups in total. The van der Waals surface area contributed by atoms with Crippen LogP contribution in [0.3, 0.4) is 0 Å². The van der Waals surface area contributed by atoms with Crippen LogP contribution in [0.15, 0.2) is 24.3 Å². The van der Waals surface area contributed by atoms with Crippen LogP contribution < -0.4 is 0 Å². The molecule has 5 heteroatoms. The van der Waals surface area contributed by atoms with Crippen molar-refractivity contribution in [1.29, 1.82) is 0 Å². The van der Waals surface area contributed by atoms with E-state index in [4.69, 9.17) is 0 Å². The molecule has 3 rings (SSSR count). The summed E-state index contributed by atoms with van der Waals surface area (Å²) in [6.07, 6.45) is 2.06. The number of amides is 2. The molecule has 2 heterocycles. The number of hydrogen-bond acceptors (Lipinski definition) is 3. The van der Waals surface area contributed by atoms with Crippen molar-refractivity contribution in [2.24, 2.45) is 5.92 Å². The van der Waals surface area contributed by atoms with Crippen molar-refractivity contribution < 1.29 is 9.59 Å². The second kappa shape index (κ2) is 8.67. The molecule has 2 aliphatic rings. The Kier molecular flexibility index (Phi) is 6.30. The lowest BCUT2D eigenvalue weighted by atomic mass is 9.94. The first-order valence-electron chi connectivity index (χ1n) is 9.92. The van der Waals surface area contributed by atoms with E-state index in [2.05, 4.69) is 11.8 Å². The van der Waals surface area contributed by atoms with Gasteiger partial charge in [-0.3, -0.25) is 9.59 Å². The molecular weight excluding hydrogens is 326 g/mol. The maximum atomic E-state index is 12.8. The fourth-order valence-corrected chi connectivity index (χ4v) is 4.00. The third-order valence-corrected chi connectivity index (χ3v) is 5.93. The topological polar surface area (TPSA) is 43.9 Å². The maximum absolute atomic E-state index is 12.8. The minimum absolute atomic E-state index is 0.0886. The summed E-state index contributed by atoms with van der Waals surface area (Å²) < 4.78 is 0. The zero-order valence-corrected chi connectivity index (χ0v) is 16.1. The average molecular weight is 357 g/mol. The molecular formula is C21H31N3O2. The number of likely N-dealkylation sites (N-methyl/N-ethyl adjacent to an activating group) is 1. The molecule has 0 radical (unpaired) electrons. The third-order valence-electron chi connectivity index (χ3n) is 5.93. The first-order chi connectivity index (χ1) is 12.6. The summed E-state index contributed by atoms with van der Waals surface area (Å²) in [6.45, 7) is 10.3. The number of aryl methyl sites for hydroxylation is 1. The van der Waals surface area contributed by atoms with Gasteiger partial charge in [0.15, 0.2) is 0 Å². The number of piperazine rings is 1. The minimum Gasteiger partial charge on any atom is -0.342 e. The molecule has 0 aromatic heterocycles. The molecule has 0 bridgehead atoms. The predicted molar refractivity (Wildman–Crippen MR) is 103 cm³/mol. The van der Waals surface area contributed by atoms with E-state index in [9.17, 15) is 9.59 Å². The predicted octanol–water partition coefficient (Wildman–Crippen LogP) is 1.94. The lowest BCUT2D eigenvalue weighted by Crippen LogP contribution is -2.51. The molecule has 26 heavy (non-hydrogen) atoms. The van der Waals surface area contributed by atoms with Crippen molar-refractivity contribution in [3.05, 3.63) is 35.4 Å². The Morgan fingerprint density at radius 2 is 1.62 bits per heavy atom. The number of benzene rings is 1. The van der Waals surface area contributed by atoms with E-state index in [1.165, 1.54) is 0 Å². The zero-order chi connectivity index (χ0) is 18.5. The average Bonchev–Trinajstić information content (AvgIpc) is 2.69. The first-order valence-corrected chi connectivity index (χ1v) is 9.92. The Hall–Kier alpha value is -1.88. The third kappa shape index (κ3) is 4.44. The van der Waals surface area contributed by atoms with Gasteiger partial charge in [-0.2, -0.15) is 0 Å². The van der Waals surface area contributed by atoms with Crippen LogP contribution in [0.1, 0.15) is 30.9 Å². The Balaban J connectivity index is 1.47. The molecule has 2 aliphatic heterocycles. The van der Waals surface area contributed by atoms with Gasteiger partial charge in [0, 0.05) is 45.2 Å². The molecule has 5 nitrogen and oxygen atoms in total. The van der Waals surface area contributed by atoms with Gasteiger partial charge in [-0.15, -0.1) is 0 Å². The van der Waals surface area contributed by atoms with Gasteiger partial charge in [0.05, 0.1) is 6.42 Å². The highest BCUT2D eigenvalue weighted by Crippen LogP contribution is 2.21. The minimum atomic E-state index is 0.0886. The number of likely N-dealkylation sites (tertiary alicyclic amines) is 1. The fraction of sp³-hybridized carbons (Fsp3) is 0.619. The van der Waals surface area contributed by atoms with Crippen LogP contribution in [0, 0.1) is 12.8 Å². The van der Waals surface area contributed by atoms with Crippen LogP contribution in [0.25, 0.3) is 0 Å². The zero-order valence-electron chi connectivity index (χ0n) is 16.1. The fourth-order valence-electron chi connectivity index (χ4n) is 4.00. The van der Waals surface area contributed by atoms with Crippen LogP contribution in [-0.2, 0) is 16.0 Å². The Morgan fingerprint density at radius 1 is 0.962 bits per heavy atom. The van der Waals surface area contributed by atoms with Gasteiger partial charge in [-0.05, 0) is 37.4 Å². The van der Waals surface area contributed by atoms with Crippen LogP contribution >= 0.6 is 0 Å². The summed E-state index contributed by atoms with van der Waals surface area (Å²) in [5, 5.41) is 0. The van der Waals surface area contributed by atoms with E-state index >= 15 is 0 Å². The molecule has 0 saturated carbocycles. The lowest BCUT2D eigenvalue weighted by Gasteiger charge is -2.38. The van der Waals surface area contributed by atoms with Crippen LogP contribution in [0.4, 0.5) is 0 Å². The van der Waals surface area contributed by atoms with Crippen molar-refractivity contribution in [3.63, 3.8) is 0 Å². The molecule has 1 aromatic rings. The first kappa shape index (κ1) is 18.9. The van der Waals surface area contributed by atoms with Crippen LogP contribution in [-0.4, -0.2) is 72.3 Å². The highest BCUT2D eigenvalue weighted by Gasteiger charge is 2.31. The largest absolute Gasteiger partial charge is 0.342 e. The second-order valence-electron chi connectivity index (χ2n) is 7.52. The number of hydrogen-bond donors (Lipinski definition) is 0. The van der Waals surface area contributed by atoms with E-state index < -0.39 is 0 Å². The molecule has 2 saturated heterocycles. The Labute approximate surface area is 156 Å². The van der Waals surface area contributed by atoms with E-state index in [0.717, 1.165) is 56.7 Å². The highest BCUT2D eigenvalue weighted by atomic mass is 16.2. The molecule has 2 amide bonds. The molecule has 0 atom stereocenters. The van der Waals surface area contributed by atoms with E-state index in [1.54, 1.807) is 0 Å². The lowest BCUT2D eigenvalue weighted by molar-refractivity contribution is -0.141. The molecule has 2 fully saturated rings. The normalized spacial score (nSPS) is 19.6. The van der Waals surface area contributed by atoms with Crippen LogP contribution in [0.2, 0.25) is 0 Å². The Bertz CT molecular complexity index is 630. The number of piperidine rings is 1. The number of rotatable bonds is 4. The molecule has 0 unspecified atom stereocenters. The van der Waals surface area contributed by atoms with Gasteiger partial charge >= 0.3 is 0 Å². The number of carbonyl (C=O) groups excluding carboxylic acids is 2. The van der Waals surface area contributed by atoms with Crippen molar-refractivity contribution >= 4 is 11.8 Å². The maximum Gasteiger partial charge on any atom is 0.226 e. The van der Waals surface area contributed by atoms with E-state index in [0.29, 0.717) is 25.4 Å². The van der Waals surface area contributed by atoms with Crippen molar-refractivity contribution in [2.75, 3.05) is 45.8 Å². The standard InChI is InChI=1S/C21H31N3O2/c1-3-22-12-14-24(15-13-22)21(26)18-8-10-23(11-9-18)20(25)16-19-7-5-4-6-17(19)2/h4-7,18H,3,8-16H2,1-2H3. The monoisotopic (exact) mass is 357 g/mol. The smallest absolute Gasteiger partial charge is 0.226 e. The quantitative estimate of drug-likeness (QED) is 0.827. The van der Waals surface area contributed by atoms with E-state index in [-0.39, 0.29) is 11.8 Å². The number of nitrogens with zero attached hydrogens (tertiary/aromatic N) is 3. The second-order valence-corrected chi connectivity index (χ2v) is 7.52. The summed E-state index contributed by atoms with van der Waals surface area (Å²) in [6, 6.07) is 8.06. The van der Waals surface area contributed by atoms with E-state index in [1.807, 2.05) is 41.0 Å². The SMILES string of the molecule is CCN1CCN(C(=O)C2CCN(C(=O)Cc3ccccc3C)CC2)CC1. The van der Waals surface area contributed by atoms with Gasteiger partial charge in [-0.25, -0.2) is 0 Å². The molecule has 0 spiro atoms. The van der Waals surface area contributed by atoms with Crippen molar-refractivity contribution in [2.45, 2.75) is 33.1 Å². The highest BCUT2D eigenvalue weighted by molar-refractivity contribution is 5.81. The van der Waals surface area contributed by atoms with Crippen molar-refractivity contribution in [1.82, 2.24) is 14.7 Å². The van der Waals surface area contributed by atoms with Gasteiger partial charge in [0.2, 0.25) is 11.8 Å². The molecule has 142 valence electrons. The Morgan fingerprint density at radius 3 is 2.23 bits per heavy atom. The molecule has 0 aliphatic carbocycles. The van der Waals surface area contributed by atoms with Gasteiger partial charge in [0.1, 0.15) is 0 Å². The summed E-state index contributed by atoms with van der Waals surface area (Å²) in [7, 11) is 0.